The average Bonchev–Trinajstić information content (AvgIpc) is 2.79. The van der Waals surface area contributed by atoms with Crippen molar-refractivity contribution in [1.82, 2.24) is 0 Å². The van der Waals surface area contributed by atoms with Gasteiger partial charge in [0.1, 0.15) is 0 Å². The number of hydrogen-bond donors (Lipinski definition) is 0. The van der Waals surface area contributed by atoms with Gasteiger partial charge in [-0.15, -0.1) is 0 Å². The number of hydrogen-bond acceptors (Lipinski definition) is 2. The molecule has 0 N–H and O–H groups in total. The van der Waals surface area contributed by atoms with Crippen LogP contribution in [0, 0.1) is 5.92 Å². The Balaban J connectivity index is 2.33. The SMILES string of the molecule is CCC1CCCC1S(=O)(=O)c1ccccc1. The zero-order valence-corrected chi connectivity index (χ0v) is 10.4. The molecule has 1 saturated carbocycles. The van der Waals surface area contributed by atoms with Crippen LogP contribution in [0.3, 0.4) is 0 Å². The molecule has 88 valence electrons. The van der Waals surface area contributed by atoms with E-state index in [0.717, 1.165) is 25.7 Å². The lowest BCUT2D eigenvalue weighted by Gasteiger charge is -2.18. The van der Waals surface area contributed by atoms with Gasteiger partial charge >= 0.3 is 0 Å². The van der Waals surface area contributed by atoms with Crippen molar-refractivity contribution < 1.29 is 8.42 Å². The van der Waals surface area contributed by atoms with Crippen molar-refractivity contribution in [1.29, 1.82) is 0 Å². The van der Waals surface area contributed by atoms with Gasteiger partial charge in [0.25, 0.3) is 0 Å². The molecular formula is C13H18O2S. The summed E-state index contributed by atoms with van der Waals surface area (Å²) in [5.74, 6) is 0.352. The molecule has 0 radical (unpaired) electrons. The maximum absolute atomic E-state index is 12.4. The molecule has 0 aliphatic heterocycles. The highest BCUT2D eigenvalue weighted by Gasteiger charge is 2.36. The minimum absolute atomic E-state index is 0.153. The molecule has 1 aliphatic carbocycles. The number of sulfone groups is 1. The van der Waals surface area contributed by atoms with Gasteiger partial charge in [-0.1, -0.05) is 38.0 Å². The fourth-order valence-corrected chi connectivity index (χ4v) is 4.86. The van der Waals surface area contributed by atoms with Gasteiger partial charge in [0.2, 0.25) is 0 Å². The van der Waals surface area contributed by atoms with Crippen molar-refractivity contribution in [2.24, 2.45) is 5.92 Å². The Labute approximate surface area is 97.6 Å². The highest BCUT2D eigenvalue weighted by molar-refractivity contribution is 7.92. The van der Waals surface area contributed by atoms with E-state index in [1.54, 1.807) is 24.3 Å². The predicted octanol–water partition coefficient (Wildman–Crippen LogP) is 3.04. The fraction of sp³-hybridized carbons (Fsp3) is 0.538. The Morgan fingerprint density at radius 1 is 1.19 bits per heavy atom. The topological polar surface area (TPSA) is 34.1 Å². The Morgan fingerprint density at radius 2 is 1.88 bits per heavy atom. The summed E-state index contributed by atoms with van der Waals surface area (Å²) in [6.45, 7) is 2.09. The molecule has 2 rings (SSSR count). The summed E-state index contributed by atoms with van der Waals surface area (Å²) >= 11 is 0. The van der Waals surface area contributed by atoms with Crippen molar-refractivity contribution >= 4 is 9.84 Å². The zero-order chi connectivity index (χ0) is 11.6. The van der Waals surface area contributed by atoms with Crippen LogP contribution in [0.2, 0.25) is 0 Å². The third kappa shape index (κ3) is 2.01. The molecule has 0 heterocycles. The van der Waals surface area contributed by atoms with Gasteiger partial charge in [-0.05, 0) is 30.9 Å². The first-order valence-electron chi connectivity index (χ1n) is 5.95. The molecule has 0 amide bonds. The third-order valence-corrected chi connectivity index (χ3v) is 5.93. The maximum atomic E-state index is 12.4. The van der Waals surface area contributed by atoms with Gasteiger partial charge in [-0.25, -0.2) is 8.42 Å². The van der Waals surface area contributed by atoms with Crippen molar-refractivity contribution in [3.05, 3.63) is 30.3 Å². The molecular weight excluding hydrogens is 220 g/mol. The zero-order valence-electron chi connectivity index (χ0n) is 9.59. The normalized spacial score (nSPS) is 25.8. The Bertz CT molecular complexity index is 436. The highest BCUT2D eigenvalue weighted by Crippen LogP contribution is 2.36. The monoisotopic (exact) mass is 238 g/mol. The van der Waals surface area contributed by atoms with Crippen LogP contribution in [0.1, 0.15) is 32.6 Å². The molecule has 2 atom stereocenters. The minimum atomic E-state index is -3.10. The molecule has 16 heavy (non-hydrogen) atoms. The summed E-state index contributed by atoms with van der Waals surface area (Å²) in [4.78, 5) is 0.486. The summed E-state index contributed by atoms with van der Waals surface area (Å²) in [6.07, 6.45) is 3.91. The second-order valence-corrected chi connectivity index (χ2v) is 6.66. The van der Waals surface area contributed by atoms with Crippen LogP contribution in [0.5, 0.6) is 0 Å². The lowest BCUT2D eigenvalue weighted by Crippen LogP contribution is -2.25. The minimum Gasteiger partial charge on any atom is -0.223 e. The maximum Gasteiger partial charge on any atom is 0.181 e. The molecule has 0 aromatic heterocycles. The van der Waals surface area contributed by atoms with E-state index in [0.29, 0.717) is 10.8 Å². The molecule has 1 fully saturated rings. The number of benzene rings is 1. The van der Waals surface area contributed by atoms with Gasteiger partial charge < -0.3 is 0 Å². The van der Waals surface area contributed by atoms with E-state index in [1.807, 2.05) is 6.07 Å². The van der Waals surface area contributed by atoms with Gasteiger partial charge in [0.05, 0.1) is 10.1 Å². The van der Waals surface area contributed by atoms with Crippen molar-refractivity contribution in [3.8, 4) is 0 Å². The molecule has 0 spiro atoms. The summed E-state index contributed by atoms with van der Waals surface area (Å²) in [6, 6.07) is 8.86. The molecule has 3 heteroatoms. The first kappa shape index (κ1) is 11.6. The van der Waals surface area contributed by atoms with E-state index in [4.69, 9.17) is 0 Å². The van der Waals surface area contributed by atoms with Crippen LogP contribution in [0.15, 0.2) is 35.2 Å². The van der Waals surface area contributed by atoms with Crippen LogP contribution >= 0.6 is 0 Å². The van der Waals surface area contributed by atoms with Gasteiger partial charge in [0.15, 0.2) is 9.84 Å². The van der Waals surface area contributed by atoms with E-state index in [1.165, 1.54) is 0 Å². The van der Waals surface area contributed by atoms with E-state index in [2.05, 4.69) is 6.92 Å². The van der Waals surface area contributed by atoms with Crippen LogP contribution in [0.4, 0.5) is 0 Å². The Kier molecular flexibility index (Phi) is 3.33. The van der Waals surface area contributed by atoms with Gasteiger partial charge in [-0.2, -0.15) is 0 Å². The van der Waals surface area contributed by atoms with E-state index >= 15 is 0 Å². The van der Waals surface area contributed by atoms with Crippen LogP contribution in [0.25, 0.3) is 0 Å². The lowest BCUT2D eigenvalue weighted by molar-refractivity contribution is 0.504. The van der Waals surface area contributed by atoms with E-state index < -0.39 is 9.84 Å². The fourth-order valence-electron chi connectivity index (χ4n) is 2.66. The summed E-state index contributed by atoms with van der Waals surface area (Å²) in [5, 5.41) is -0.153. The molecule has 1 aromatic carbocycles. The Hall–Kier alpha value is -0.830. The van der Waals surface area contributed by atoms with Crippen LogP contribution < -0.4 is 0 Å². The first-order chi connectivity index (χ1) is 7.66. The third-order valence-electron chi connectivity index (χ3n) is 3.58. The molecule has 1 aliphatic rings. The van der Waals surface area contributed by atoms with Crippen LogP contribution in [-0.2, 0) is 9.84 Å². The van der Waals surface area contributed by atoms with Crippen LogP contribution in [-0.4, -0.2) is 13.7 Å². The molecule has 0 saturated heterocycles. The second-order valence-electron chi connectivity index (χ2n) is 4.50. The van der Waals surface area contributed by atoms with Crippen molar-refractivity contribution in [2.45, 2.75) is 42.8 Å². The molecule has 1 aromatic rings. The van der Waals surface area contributed by atoms with Gasteiger partial charge in [-0.3, -0.25) is 0 Å². The second kappa shape index (κ2) is 4.58. The molecule has 2 nitrogen and oxygen atoms in total. The molecule has 2 unspecified atom stereocenters. The standard InChI is InChI=1S/C13H18O2S/c1-2-11-7-6-10-13(11)16(14,15)12-8-4-3-5-9-12/h3-5,8-9,11,13H,2,6-7,10H2,1H3. The first-order valence-corrected chi connectivity index (χ1v) is 7.50. The predicted molar refractivity (Wildman–Crippen MR) is 65.0 cm³/mol. The van der Waals surface area contributed by atoms with E-state index in [9.17, 15) is 8.42 Å². The lowest BCUT2D eigenvalue weighted by atomic mass is 10.1. The average molecular weight is 238 g/mol. The Morgan fingerprint density at radius 3 is 2.50 bits per heavy atom. The molecule has 0 bridgehead atoms. The smallest absolute Gasteiger partial charge is 0.181 e. The summed E-state index contributed by atoms with van der Waals surface area (Å²) < 4.78 is 24.8. The highest BCUT2D eigenvalue weighted by atomic mass is 32.2. The summed E-state index contributed by atoms with van der Waals surface area (Å²) in [7, 11) is -3.10. The summed E-state index contributed by atoms with van der Waals surface area (Å²) in [5.41, 5.74) is 0. The largest absolute Gasteiger partial charge is 0.223 e. The van der Waals surface area contributed by atoms with Gasteiger partial charge in [0, 0.05) is 0 Å². The van der Waals surface area contributed by atoms with Crippen molar-refractivity contribution in [3.63, 3.8) is 0 Å². The quantitative estimate of drug-likeness (QED) is 0.811. The number of rotatable bonds is 3. The van der Waals surface area contributed by atoms with Crippen molar-refractivity contribution in [2.75, 3.05) is 0 Å². The van der Waals surface area contributed by atoms with E-state index in [-0.39, 0.29) is 5.25 Å².